The van der Waals surface area contributed by atoms with Crippen LogP contribution in [0, 0.1) is 5.41 Å². The summed E-state index contributed by atoms with van der Waals surface area (Å²) in [5.41, 5.74) is 0.490. The van der Waals surface area contributed by atoms with Gasteiger partial charge in [0.25, 0.3) is 0 Å². The molecule has 1 saturated carbocycles. The molecule has 15 heavy (non-hydrogen) atoms. The zero-order valence-electron chi connectivity index (χ0n) is 9.69. The number of hydrogen-bond acceptors (Lipinski definition) is 3. The van der Waals surface area contributed by atoms with Crippen molar-refractivity contribution in [3.63, 3.8) is 0 Å². The van der Waals surface area contributed by atoms with E-state index >= 15 is 0 Å². The van der Waals surface area contributed by atoms with Crippen molar-refractivity contribution in [3.8, 4) is 0 Å². The largest absolute Gasteiger partial charge is 0.384 e. The maximum absolute atomic E-state index is 10.5. The van der Waals surface area contributed by atoms with Crippen molar-refractivity contribution in [3.05, 3.63) is 11.9 Å². The molecule has 0 aliphatic heterocycles. The van der Waals surface area contributed by atoms with Crippen LogP contribution in [0.3, 0.4) is 0 Å². The molecule has 0 aromatic carbocycles. The SMILES string of the molecule is Cn1nncc1C1(O)CCC(C)(C)CC1. The van der Waals surface area contributed by atoms with Gasteiger partial charge in [-0.05, 0) is 31.1 Å². The lowest BCUT2D eigenvalue weighted by atomic mass is 9.70. The topological polar surface area (TPSA) is 50.9 Å². The number of rotatable bonds is 1. The maximum atomic E-state index is 10.5. The van der Waals surface area contributed by atoms with E-state index in [9.17, 15) is 5.11 Å². The smallest absolute Gasteiger partial charge is 0.108 e. The van der Waals surface area contributed by atoms with E-state index < -0.39 is 5.60 Å². The molecule has 1 N–H and O–H groups in total. The van der Waals surface area contributed by atoms with E-state index in [0.29, 0.717) is 5.41 Å². The van der Waals surface area contributed by atoms with Crippen LogP contribution >= 0.6 is 0 Å². The predicted molar refractivity (Wildman–Crippen MR) is 57.1 cm³/mol. The lowest BCUT2D eigenvalue weighted by molar-refractivity contribution is -0.0367. The van der Waals surface area contributed by atoms with E-state index in [1.807, 2.05) is 7.05 Å². The van der Waals surface area contributed by atoms with Gasteiger partial charge in [0.05, 0.1) is 11.9 Å². The quantitative estimate of drug-likeness (QED) is 0.764. The minimum absolute atomic E-state index is 0.359. The number of aromatic nitrogens is 3. The maximum Gasteiger partial charge on any atom is 0.108 e. The molecule has 0 saturated heterocycles. The van der Waals surface area contributed by atoms with Crippen LogP contribution in [0.2, 0.25) is 0 Å². The molecule has 0 radical (unpaired) electrons. The van der Waals surface area contributed by atoms with Gasteiger partial charge in [-0.1, -0.05) is 19.1 Å². The van der Waals surface area contributed by atoms with Gasteiger partial charge in [-0.25, -0.2) is 4.68 Å². The van der Waals surface area contributed by atoms with Crippen LogP contribution < -0.4 is 0 Å². The zero-order valence-corrected chi connectivity index (χ0v) is 9.69. The van der Waals surface area contributed by atoms with Crippen LogP contribution in [0.15, 0.2) is 6.20 Å². The molecule has 0 atom stereocenters. The molecule has 0 amide bonds. The average Bonchev–Trinajstić information content (AvgIpc) is 2.58. The number of hydrogen-bond donors (Lipinski definition) is 1. The van der Waals surface area contributed by atoms with Gasteiger partial charge in [-0.3, -0.25) is 0 Å². The fourth-order valence-electron chi connectivity index (χ4n) is 2.31. The van der Waals surface area contributed by atoms with Gasteiger partial charge in [0.1, 0.15) is 5.60 Å². The van der Waals surface area contributed by atoms with E-state index in [1.165, 1.54) is 0 Å². The predicted octanol–water partition coefficient (Wildman–Crippen LogP) is 1.60. The summed E-state index contributed by atoms with van der Waals surface area (Å²) >= 11 is 0. The Balaban J connectivity index is 2.20. The summed E-state index contributed by atoms with van der Waals surface area (Å²) < 4.78 is 1.68. The summed E-state index contributed by atoms with van der Waals surface area (Å²) in [5.74, 6) is 0. The first-order valence-corrected chi connectivity index (χ1v) is 5.51. The molecule has 1 aliphatic rings. The van der Waals surface area contributed by atoms with E-state index in [1.54, 1.807) is 10.9 Å². The molecule has 4 heteroatoms. The molecule has 84 valence electrons. The lowest BCUT2D eigenvalue weighted by Gasteiger charge is -2.39. The Morgan fingerprint density at radius 2 is 1.87 bits per heavy atom. The molecule has 0 spiro atoms. The third-order valence-corrected chi connectivity index (χ3v) is 3.62. The fraction of sp³-hybridized carbons (Fsp3) is 0.818. The zero-order chi connectivity index (χ0) is 11.1. The number of aliphatic hydroxyl groups is 1. The summed E-state index contributed by atoms with van der Waals surface area (Å²) in [6.45, 7) is 4.52. The van der Waals surface area contributed by atoms with Crippen molar-refractivity contribution in [2.75, 3.05) is 0 Å². The van der Waals surface area contributed by atoms with Crippen LogP contribution in [0.25, 0.3) is 0 Å². The standard InChI is InChI=1S/C11H19N3O/c1-10(2)4-6-11(15,7-5-10)9-8-12-13-14(9)3/h8,15H,4-7H2,1-3H3. The van der Waals surface area contributed by atoms with Crippen molar-refractivity contribution < 1.29 is 5.11 Å². The molecule has 1 aromatic heterocycles. The fourth-order valence-corrected chi connectivity index (χ4v) is 2.31. The number of aryl methyl sites for hydroxylation is 1. The summed E-state index contributed by atoms with van der Waals surface area (Å²) in [4.78, 5) is 0. The Kier molecular flexibility index (Phi) is 2.34. The van der Waals surface area contributed by atoms with E-state index in [2.05, 4.69) is 24.2 Å². The van der Waals surface area contributed by atoms with Gasteiger partial charge in [0.15, 0.2) is 0 Å². The Labute approximate surface area is 90.3 Å². The molecule has 1 aliphatic carbocycles. The van der Waals surface area contributed by atoms with Crippen LogP contribution in [-0.4, -0.2) is 20.1 Å². The van der Waals surface area contributed by atoms with Gasteiger partial charge < -0.3 is 5.11 Å². The normalized spacial score (nSPS) is 24.0. The van der Waals surface area contributed by atoms with Crippen molar-refractivity contribution >= 4 is 0 Å². The molecule has 0 unspecified atom stereocenters. The Morgan fingerprint density at radius 1 is 1.27 bits per heavy atom. The Hall–Kier alpha value is -0.900. The van der Waals surface area contributed by atoms with Crippen LogP contribution in [0.4, 0.5) is 0 Å². The summed E-state index contributed by atoms with van der Waals surface area (Å²) in [7, 11) is 1.83. The molecule has 2 rings (SSSR count). The van der Waals surface area contributed by atoms with Gasteiger partial charge in [0, 0.05) is 7.05 Å². The van der Waals surface area contributed by atoms with E-state index in [-0.39, 0.29) is 0 Å². The van der Waals surface area contributed by atoms with Gasteiger partial charge in [0.2, 0.25) is 0 Å². The van der Waals surface area contributed by atoms with Crippen LogP contribution in [0.5, 0.6) is 0 Å². The van der Waals surface area contributed by atoms with Crippen molar-refractivity contribution in [2.45, 2.75) is 45.1 Å². The molecule has 1 fully saturated rings. The molecular formula is C11H19N3O. The second-order valence-corrected chi connectivity index (χ2v) is 5.44. The third-order valence-electron chi connectivity index (χ3n) is 3.62. The highest BCUT2D eigenvalue weighted by Gasteiger charge is 2.39. The van der Waals surface area contributed by atoms with Gasteiger partial charge in [-0.2, -0.15) is 0 Å². The van der Waals surface area contributed by atoms with Crippen molar-refractivity contribution in [1.82, 2.24) is 15.0 Å². The summed E-state index contributed by atoms with van der Waals surface area (Å²) in [5, 5.41) is 18.3. The molecule has 4 nitrogen and oxygen atoms in total. The average molecular weight is 209 g/mol. The van der Waals surface area contributed by atoms with E-state index in [0.717, 1.165) is 31.4 Å². The highest BCUT2D eigenvalue weighted by molar-refractivity contribution is 5.09. The third kappa shape index (κ3) is 1.91. The Morgan fingerprint density at radius 3 is 2.33 bits per heavy atom. The van der Waals surface area contributed by atoms with Crippen molar-refractivity contribution in [1.29, 1.82) is 0 Å². The first-order chi connectivity index (χ1) is 6.93. The second kappa shape index (κ2) is 3.30. The summed E-state index contributed by atoms with van der Waals surface area (Å²) in [6, 6.07) is 0. The summed E-state index contributed by atoms with van der Waals surface area (Å²) in [6.07, 6.45) is 5.39. The molecule has 0 bridgehead atoms. The molecule has 1 heterocycles. The minimum Gasteiger partial charge on any atom is -0.384 e. The lowest BCUT2D eigenvalue weighted by Crippen LogP contribution is -2.36. The van der Waals surface area contributed by atoms with Gasteiger partial charge in [-0.15, -0.1) is 5.10 Å². The molecular weight excluding hydrogens is 190 g/mol. The van der Waals surface area contributed by atoms with Crippen LogP contribution in [-0.2, 0) is 12.6 Å². The monoisotopic (exact) mass is 209 g/mol. The van der Waals surface area contributed by atoms with E-state index in [4.69, 9.17) is 0 Å². The highest BCUT2D eigenvalue weighted by atomic mass is 16.3. The van der Waals surface area contributed by atoms with Crippen LogP contribution in [0.1, 0.15) is 45.2 Å². The first-order valence-electron chi connectivity index (χ1n) is 5.51. The second-order valence-electron chi connectivity index (χ2n) is 5.44. The first kappa shape index (κ1) is 10.6. The number of nitrogens with zero attached hydrogens (tertiary/aromatic N) is 3. The molecule has 1 aromatic rings. The van der Waals surface area contributed by atoms with Crippen molar-refractivity contribution in [2.24, 2.45) is 12.5 Å². The Bertz CT molecular complexity index is 346. The minimum atomic E-state index is -0.715. The van der Waals surface area contributed by atoms with Gasteiger partial charge >= 0.3 is 0 Å². The highest BCUT2D eigenvalue weighted by Crippen LogP contribution is 2.44.